The SMILES string of the molecule is CC(C)Nc1ccc(NC(=O)Cc2cccs2)nc1. The molecule has 0 saturated carbocycles. The third kappa shape index (κ3) is 4.37. The predicted molar refractivity (Wildman–Crippen MR) is 79.6 cm³/mol. The van der Waals surface area contributed by atoms with Crippen LogP contribution in [-0.4, -0.2) is 16.9 Å². The van der Waals surface area contributed by atoms with Crippen LogP contribution in [0.25, 0.3) is 0 Å². The van der Waals surface area contributed by atoms with Crippen LogP contribution < -0.4 is 10.6 Å². The number of carbonyl (C=O) groups excluding carboxylic acids is 1. The normalized spacial score (nSPS) is 10.5. The van der Waals surface area contributed by atoms with Crippen LogP contribution in [0.4, 0.5) is 11.5 Å². The van der Waals surface area contributed by atoms with Gasteiger partial charge in [0.15, 0.2) is 0 Å². The molecule has 0 bridgehead atoms. The largest absolute Gasteiger partial charge is 0.382 e. The number of anilines is 2. The highest BCUT2D eigenvalue weighted by Crippen LogP contribution is 2.13. The highest BCUT2D eigenvalue weighted by molar-refractivity contribution is 7.10. The summed E-state index contributed by atoms with van der Waals surface area (Å²) >= 11 is 1.58. The molecule has 0 unspecified atom stereocenters. The van der Waals surface area contributed by atoms with E-state index < -0.39 is 0 Å². The summed E-state index contributed by atoms with van der Waals surface area (Å²) in [5.74, 6) is 0.537. The van der Waals surface area contributed by atoms with Gasteiger partial charge in [0.1, 0.15) is 5.82 Å². The smallest absolute Gasteiger partial charge is 0.230 e. The molecule has 0 atom stereocenters. The highest BCUT2D eigenvalue weighted by Gasteiger charge is 2.05. The van der Waals surface area contributed by atoms with Crippen molar-refractivity contribution in [2.24, 2.45) is 0 Å². The van der Waals surface area contributed by atoms with Gasteiger partial charge in [-0.3, -0.25) is 4.79 Å². The Bertz CT molecular complexity index is 520. The quantitative estimate of drug-likeness (QED) is 0.881. The first kappa shape index (κ1) is 13.5. The Labute approximate surface area is 116 Å². The highest BCUT2D eigenvalue weighted by atomic mass is 32.1. The molecule has 0 aromatic carbocycles. The molecule has 0 radical (unpaired) electrons. The summed E-state index contributed by atoms with van der Waals surface area (Å²) in [7, 11) is 0. The molecule has 4 nitrogen and oxygen atoms in total. The van der Waals surface area contributed by atoms with Gasteiger partial charge in [0, 0.05) is 10.9 Å². The van der Waals surface area contributed by atoms with Gasteiger partial charge in [0.05, 0.1) is 18.3 Å². The van der Waals surface area contributed by atoms with E-state index in [1.807, 2.05) is 23.6 Å². The summed E-state index contributed by atoms with van der Waals surface area (Å²) in [5, 5.41) is 8.00. The molecule has 2 N–H and O–H groups in total. The molecular formula is C14H17N3OS. The van der Waals surface area contributed by atoms with E-state index in [0.717, 1.165) is 10.6 Å². The zero-order valence-electron chi connectivity index (χ0n) is 11.0. The van der Waals surface area contributed by atoms with E-state index >= 15 is 0 Å². The number of aromatic nitrogens is 1. The van der Waals surface area contributed by atoms with Gasteiger partial charge in [-0.25, -0.2) is 4.98 Å². The van der Waals surface area contributed by atoms with Crippen molar-refractivity contribution in [1.29, 1.82) is 0 Å². The van der Waals surface area contributed by atoms with Crippen molar-refractivity contribution in [3.63, 3.8) is 0 Å². The molecule has 0 saturated heterocycles. The molecule has 100 valence electrons. The molecular weight excluding hydrogens is 258 g/mol. The maximum absolute atomic E-state index is 11.8. The average Bonchev–Trinajstić information content (AvgIpc) is 2.83. The Morgan fingerprint density at radius 1 is 1.37 bits per heavy atom. The lowest BCUT2D eigenvalue weighted by Gasteiger charge is -2.10. The lowest BCUT2D eigenvalue weighted by molar-refractivity contribution is -0.115. The zero-order valence-corrected chi connectivity index (χ0v) is 11.8. The molecule has 2 heterocycles. The first-order valence-corrected chi connectivity index (χ1v) is 7.06. The summed E-state index contributed by atoms with van der Waals surface area (Å²) in [6, 6.07) is 7.97. The molecule has 1 amide bonds. The van der Waals surface area contributed by atoms with E-state index in [4.69, 9.17) is 0 Å². The number of amides is 1. The van der Waals surface area contributed by atoms with E-state index in [1.54, 1.807) is 23.6 Å². The lowest BCUT2D eigenvalue weighted by atomic mass is 10.3. The Hall–Kier alpha value is -1.88. The topological polar surface area (TPSA) is 54.0 Å². The molecule has 2 aromatic rings. The van der Waals surface area contributed by atoms with Crippen molar-refractivity contribution < 1.29 is 4.79 Å². The van der Waals surface area contributed by atoms with Crippen LogP contribution in [0.1, 0.15) is 18.7 Å². The fourth-order valence-electron chi connectivity index (χ4n) is 1.64. The van der Waals surface area contributed by atoms with Gasteiger partial charge in [0.25, 0.3) is 0 Å². The number of nitrogens with one attached hydrogen (secondary N) is 2. The number of carbonyl (C=O) groups is 1. The van der Waals surface area contributed by atoms with Crippen LogP contribution in [0.15, 0.2) is 35.8 Å². The summed E-state index contributed by atoms with van der Waals surface area (Å²) in [4.78, 5) is 17.0. The van der Waals surface area contributed by atoms with Gasteiger partial charge in [0.2, 0.25) is 5.91 Å². The van der Waals surface area contributed by atoms with E-state index in [0.29, 0.717) is 18.3 Å². The Kier molecular flexibility index (Phi) is 4.52. The Morgan fingerprint density at radius 3 is 2.79 bits per heavy atom. The van der Waals surface area contributed by atoms with E-state index in [9.17, 15) is 4.79 Å². The fourth-order valence-corrected chi connectivity index (χ4v) is 2.35. The van der Waals surface area contributed by atoms with E-state index in [1.165, 1.54) is 0 Å². The zero-order chi connectivity index (χ0) is 13.7. The number of rotatable bonds is 5. The van der Waals surface area contributed by atoms with Crippen LogP contribution in [0, 0.1) is 0 Å². The van der Waals surface area contributed by atoms with Crippen LogP contribution >= 0.6 is 11.3 Å². The minimum absolute atomic E-state index is 0.0421. The summed E-state index contributed by atoms with van der Waals surface area (Å²) in [5.41, 5.74) is 0.950. The first-order valence-electron chi connectivity index (χ1n) is 6.18. The molecule has 0 aliphatic rings. The molecule has 2 rings (SSSR count). The van der Waals surface area contributed by atoms with Crippen molar-refractivity contribution in [2.75, 3.05) is 10.6 Å². The van der Waals surface area contributed by atoms with E-state index in [-0.39, 0.29) is 5.91 Å². The van der Waals surface area contributed by atoms with Crippen molar-refractivity contribution in [1.82, 2.24) is 4.98 Å². The number of nitrogens with zero attached hydrogens (tertiary/aromatic N) is 1. The minimum Gasteiger partial charge on any atom is -0.382 e. The van der Waals surface area contributed by atoms with Gasteiger partial charge in [-0.15, -0.1) is 11.3 Å². The lowest BCUT2D eigenvalue weighted by Crippen LogP contribution is -2.15. The number of pyridine rings is 1. The number of thiophene rings is 1. The standard InChI is InChI=1S/C14H17N3OS/c1-10(2)16-11-5-6-13(15-9-11)17-14(18)8-12-4-3-7-19-12/h3-7,9-10,16H,8H2,1-2H3,(H,15,17,18). The third-order valence-electron chi connectivity index (χ3n) is 2.40. The third-order valence-corrected chi connectivity index (χ3v) is 3.28. The summed E-state index contributed by atoms with van der Waals surface area (Å²) < 4.78 is 0. The Morgan fingerprint density at radius 2 is 2.21 bits per heavy atom. The second kappa shape index (κ2) is 6.33. The molecule has 0 spiro atoms. The molecule has 5 heteroatoms. The summed E-state index contributed by atoms with van der Waals surface area (Å²) in [6.45, 7) is 4.13. The van der Waals surface area contributed by atoms with Crippen molar-refractivity contribution in [3.8, 4) is 0 Å². The van der Waals surface area contributed by atoms with Crippen LogP contribution in [0.3, 0.4) is 0 Å². The van der Waals surface area contributed by atoms with Gasteiger partial charge in [-0.1, -0.05) is 6.07 Å². The molecule has 0 aliphatic carbocycles. The molecule has 19 heavy (non-hydrogen) atoms. The van der Waals surface area contributed by atoms with Crippen molar-refractivity contribution >= 4 is 28.7 Å². The minimum atomic E-state index is -0.0421. The fraction of sp³-hybridized carbons (Fsp3) is 0.286. The summed E-state index contributed by atoms with van der Waals surface area (Å²) in [6.07, 6.45) is 2.12. The van der Waals surface area contributed by atoms with E-state index in [2.05, 4.69) is 29.5 Å². The maximum Gasteiger partial charge on any atom is 0.230 e. The maximum atomic E-state index is 11.8. The molecule has 0 fully saturated rings. The second-order valence-corrected chi connectivity index (χ2v) is 5.57. The number of hydrogen-bond donors (Lipinski definition) is 2. The molecule has 0 aliphatic heterocycles. The number of hydrogen-bond acceptors (Lipinski definition) is 4. The molecule has 2 aromatic heterocycles. The van der Waals surface area contributed by atoms with Crippen LogP contribution in [0.2, 0.25) is 0 Å². The predicted octanol–water partition coefficient (Wildman–Crippen LogP) is 3.14. The van der Waals surface area contributed by atoms with Gasteiger partial charge >= 0.3 is 0 Å². The van der Waals surface area contributed by atoms with Crippen LogP contribution in [0.5, 0.6) is 0 Å². The Balaban J connectivity index is 1.90. The van der Waals surface area contributed by atoms with Crippen LogP contribution in [-0.2, 0) is 11.2 Å². The van der Waals surface area contributed by atoms with Gasteiger partial charge in [-0.2, -0.15) is 0 Å². The van der Waals surface area contributed by atoms with Gasteiger partial charge < -0.3 is 10.6 Å². The van der Waals surface area contributed by atoms with Gasteiger partial charge in [-0.05, 0) is 37.4 Å². The first-order chi connectivity index (χ1) is 9.13. The van der Waals surface area contributed by atoms with Crippen molar-refractivity contribution in [3.05, 3.63) is 40.7 Å². The monoisotopic (exact) mass is 275 g/mol. The average molecular weight is 275 g/mol. The second-order valence-electron chi connectivity index (χ2n) is 4.54. The van der Waals surface area contributed by atoms with Crippen molar-refractivity contribution in [2.45, 2.75) is 26.3 Å².